The number of halogens is 1. The Balaban J connectivity index is 1.38. The summed E-state index contributed by atoms with van der Waals surface area (Å²) in [7, 11) is 0. The first-order valence-corrected chi connectivity index (χ1v) is 11.6. The van der Waals surface area contributed by atoms with Crippen molar-refractivity contribution in [3.05, 3.63) is 76.9 Å². The lowest BCUT2D eigenvalue weighted by Crippen LogP contribution is -2.37. The van der Waals surface area contributed by atoms with E-state index in [1.165, 1.54) is 16.8 Å². The number of benzene rings is 2. The molecule has 6 heteroatoms. The summed E-state index contributed by atoms with van der Waals surface area (Å²) < 4.78 is 0. The van der Waals surface area contributed by atoms with Crippen molar-refractivity contribution in [2.75, 3.05) is 29.9 Å². The van der Waals surface area contributed by atoms with Gasteiger partial charge in [0.15, 0.2) is 0 Å². The Bertz CT molecular complexity index is 1110. The summed E-state index contributed by atoms with van der Waals surface area (Å²) in [6, 6.07) is 18.9. The molecule has 1 aromatic heterocycles. The van der Waals surface area contributed by atoms with Crippen LogP contribution in [0.2, 0.25) is 5.02 Å². The number of rotatable bonds is 5. The van der Waals surface area contributed by atoms with Gasteiger partial charge in [-0.2, -0.15) is 0 Å². The predicted molar refractivity (Wildman–Crippen MR) is 130 cm³/mol. The second kappa shape index (κ2) is 9.31. The summed E-state index contributed by atoms with van der Waals surface area (Å²) in [4.78, 5) is 19.4. The van der Waals surface area contributed by atoms with Crippen LogP contribution in [0.25, 0.3) is 11.1 Å². The summed E-state index contributed by atoms with van der Waals surface area (Å²) in [5.41, 5.74) is 5.82. The number of amides is 1. The molecule has 164 valence electrons. The maximum Gasteiger partial charge on any atom is 0.229 e. The molecule has 0 spiro atoms. The van der Waals surface area contributed by atoms with Gasteiger partial charge >= 0.3 is 0 Å². The number of nitrogens with zero attached hydrogens (tertiary/aromatic N) is 2. The molecule has 1 unspecified atom stereocenters. The van der Waals surface area contributed by atoms with Gasteiger partial charge in [-0.05, 0) is 54.6 Å². The van der Waals surface area contributed by atoms with Gasteiger partial charge in [-0.25, -0.2) is 4.98 Å². The summed E-state index contributed by atoms with van der Waals surface area (Å²) in [6.45, 7) is 3.59. The molecule has 1 atom stereocenters. The Hall–Kier alpha value is -2.89. The Morgan fingerprint density at radius 1 is 1.19 bits per heavy atom. The minimum Gasteiger partial charge on any atom is -0.367 e. The fourth-order valence-corrected chi connectivity index (χ4v) is 4.83. The number of hydrogen-bond donors (Lipinski definition) is 2. The predicted octanol–water partition coefficient (Wildman–Crippen LogP) is 4.90. The van der Waals surface area contributed by atoms with E-state index in [0.717, 1.165) is 50.0 Å². The number of pyridine rings is 1. The molecule has 1 saturated heterocycles. The minimum atomic E-state index is -0.0174. The van der Waals surface area contributed by atoms with Crippen LogP contribution in [0.15, 0.2) is 60.8 Å². The van der Waals surface area contributed by atoms with E-state index in [4.69, 9.17) is 11.6 Å². The van der Waals surface area contributed by atoms with Crippen molar-refractivity contribution < 1.29 is 4.79 Å². The molecule has 3 aromatic rings. The van der Waals surface area contributed by atoms with Gasteiger partial charge in [-0.15, -0.1) is 0 Å². The normalized spacial score (nSPS) is 17.8. The van der Waals surface area contributed by atoms with Crippen LogP contribution in [0.3, 0.4) is 0 Å². The van der Waals surface area contributed by atoms with Gasteiger partial charge in [0.25, 0.3) is 0 Å². The maximum atomic E-state index is 12.6. The fourth-order valence-electron chi connectivity index (χ4n) is 4.61. The highest BCUT2D eigenvalue weighted by atomic mass is 35.5. The first kappa shape index (κ1) is 21.0. The van der Waals surface area contributed by atoms with Crippen LogP contribution in [0.5, 0.6) is 0 Å². The molecule has 2 N–H and O–H groups in total. The van der Waals surface area contributed by atoms with Gasteiger partial charge in [0, 0.05) is 37.1 Å². The molecule has 2 aliphatic heterocycles. The second-order valence-corrected chi connectivity index (χ2v) is 8.99. The molecular weight excluding hydrogens is 420 g/mol. The highest BCUT2D eigenvalue weighted by Crippen LogP contribution is 2.36. The molecule has 0 saturated carbocycles. The zero-order chi connectivity index (χ0) is 21.9. The van der Waals surface area contributed by atoms with Gasteiger partial charge in [-0.3, -0.25) is 4.79 Å². The number of carbonyl (C=O) groups excluding carboxylic acids is 1. The Kier molecular flexibility index (Phi) is 6.10. The standard InChI is InChI=1S/C26H27ClN4O/c27-23-16-29-25(30-26(32)21-7-4-11-28-15-21)14-22(23)20-9-8-19-10-12-31(24(19)13-20)17-18-5-2-1-3-6-18/h1-3,5-6,8-9,13-14,16,21,28H,4,7,10-12,15,17H2,(H,29,30,32). The zero-order valence-corrected chi connectivity index (χ0v) is 18.7. The molecule has 0 radical (unpaired) electrons. The van der Waals surface area contributed by atoms with Gasteiger partial charge in [-0.1, -0.05) is 54.1 Å². The van der Waals surface area contributed by atoms with Crippen molar-refractivity contribution in [2.45, 2.75) is 25.8 Å². The number of hydrogen-bond acceptors (Lipinski definition) is 4. The van der Waals surface area contributed by atoms with Crippen molar-refractivity contribution in [1.29, 1.82) is 0 Å². The van der Waals surface area contributed by atoms with Gasteiger partial charge in [0.1, 0.15) is 5.82 Å². The molecule has 3 heterocycles. The minimum absolute atomic E-state index is 0.0148. The monoisotopic (exact) mass is 446 g/mol. The Morgan fingerprint density at radius 2 is 2.06 bits per heavy atom. The molecular formula is C26H27ClN4O. The van der Waals surface area contributed by atoms with Crippen LogP contribution in [0, 0.1) is 5.92 Å². The number of carbonyl (C=O) groups is 1. The van der Waals surface area contributed by atoms with E-state index >= 15 is 0 Å². The van der Waals surface area contributed by atoms with Gasteiger partial charge in [0.05, 0.1) is 10.9 Å². The third-order valence-electron chi connectivity index (χ3n) is 6.38. The SMILES string of the molecule is O=C(Nc1cc(-c2ccc3c(c2)N(Cc2ccccc2)CC3)c(Cl)cn1)C1CCCNC1. The van der Waals surface area contributed by atoms with Crippen molar-refractivity contribution in [1.82, 2.24) is 10.3 Å². The van der Waals surface area contributed by atoms with Crippen molar-refractivity contribution in [2.24, 2.45) is 5.92 Å². The number of anilines is 2. The quantitative estimate of drug-likeness (QED) is 0.585. The lowest BCUT2D eigenvalue weighted by Gasteiger charge is -2.22. The van der Waals surface area contributed by atoms with Gasteiger partial charge in [0.2, 0.25) is 5.91 Å². The first-order valence-electron chi connectivity index (χ1n) is 11.3. The summed E-state index contributed by atoms with van der Waals surface area (Å²) in [5, 5.41) is 6.85. The van der Waals surface area contributed by atoms with E-state index < -0.39 is 0 Å². The van der Waals surface area contributed by atoms with Crippen molar-refractivity contribution >= 4 is 29.0 Å². The maximum absolute atomic E-state index is 12.6. The number of nitrogens with one attached hydrogen (secondary N) is 2. The molecule has 0 bridgehead atoms. The molecule has 2 aliphatic rings. The second-order valence-electron chi connectivity index (χ2n) is 8.58. The third kappa shape index (κ3) is 4.50. The lowest BCUT2D eigenvalue weighted by atomic mass is 9.99. The highest BCUT2D eigenvalue weighted by Gasteiger charge is 2.23. The van der Waals surface area contributed by atoms with Crippen molar-refractivity contribution in [3.63, 3.8) is 0 Å². The Morgan fingerprint density at radius 3 is 2.88 bits per heavy atom. The van der Waals surface area contributed by atoms with Crippen LogP contribution in [-0.2, 0) is 17.8 Å². The van der Waals surface area contributed by atoms with Crippen LogP contribution >= 0.6 is 11.6 Å². The summed E-state index contributed by atoms with van der Waals surface area (Å²) in [5.74, 6) is 0.541. The average molecular weight is 447 g/mol. The molecule has 5 nitrogen and oxygen atoms in total. The molecule has 0 aliphatic carbocycles. The van der Waals surface area contributed by atoms with E-state index in [2.05, 4.69) is 63.0 Å². The van der Waals surface area contributed by atoms with E-state index in [-0.39, 0.29) is 11.8 Å². The zero-order valence-electron chi connectivity index (χ0n) is 18.0. The largest absolute Gasteiger partial charge is 0.367 e. The van der Waals surface area contributed by atoms with Crippen LogP contribution in [0.1, 0.15) is 24.0 Å². The van der Waals surface area contributed by atoms with E-state index in [1.54, 1.807) is 6.20 Å². The highest BCUT2D eigenvalue weighted by molar-refractivity contribution is 6.33. The lowest BCUT2D eigenvalue weighted by molar-refractivity contribution is -0.120. The van der Waals surface area contributed by atoms with Crippen LogP contribution in [-0.4, -0.2) is 30.5 Å². The van der Waals surface area contributed by atoms with Crippen molar-refractivity contribution in [3.8, 4) is 11.1 Å². The number of piperidine rings is 1. The molecule has 32 heavy (non-hydrogen) atoms. The molecule has 1 amide bonds. The van der Waals surface area contributed by atoms with E-state index in [0.29, 0.717) is 17.4 Å². The molecule has 2 aromatic carbocycles. The topological polar surface area (TPSA) is 57.3 Å². The molecule has 1 fully saturated rings. The molecule has 5 rings (SSSR count). The summed E-state index contributed by atoms with van der Waals surface area (Å²) >= 11 is 6.53. The number of fused-ring (bicyclic) bond motifs is 1. The van der Waals surface area contributed by atoms with E-state index in [1.807, 2.05) is 12.1 Å². The fraction of sp³-hybridized carbons (Fsp3) is 0.308. The van der Waals surface area contributed by atoms with E-state index in [9.17, 15) is 4.79 Å². The summed E-state index contributed by atoms with van der Waals surface area (Å²) in [6.07, 6.45) is 4.59. The third-order valence-corrected chi connectivity index (χ3v) is 6.68. The first-order chi connectivity index (χ1) is 15.7. The number of aromatic nitrogens is 1. The van der Waals surface area contributed by atoms with Crippen LogP contribution in [0.4, 0.5) is 11.5 Å². The van der Waals surface area contributed by atoms with Crippen LogP contribution < -0.4 is 15.5 Å². The Labute approximate surface area is 193 Å². The smallest absolute Gasteiger partial charge is 0.229 e. The average Bonchev–Trinajstić information content (AvgIpc) is 3.23. The van der Waals surface area contributed by atoms with Gasteiger partial charge < -0.3 is 15.5 Å².